The smallest absolute Gasteiger partial charge is 0.319 e. The maximum Gasteiger partial charge on any atom is 0.319 e. The lowest BCUT2D eigenvalue weighted by Gasteiger charge is -2.42. The van der Waals surface area contributed by atoms with Gasteiger partial charge in [-0.15, -0.1) is 6.42 Å². The summed E-state index contributed by atoms with van der Waals surface area (Å²) in [6.07, 6.45) is 9.13. The van der Waals surface area contributed by atoms with Crippen LogP contribution < -0.4 is 15.0 Å². The van der Waals surface area contributed by atoms with Crippen LogP contribution in [0.1, 0.15) is 44.6 Å². The highest BCUT2D eigenvalue weighted by Gasteiger charge is 2.45. The van der Waals surface area contributed by atoms with Crippen molar-refractivity contribution in [2.75, 3.05) is 37.7 Å². The van der Waals surface area contributed by atoms with E-state index in [0.717, 1.165) is 31.7 Å². The van der Waals surface area contributed by atoms with E-state index in [1.54, 1.807) is 0 Å². The van der Waals surface area contributed by atoms with Crippen molar-refractivity contribution in [3.05, 3.63) is 53.3 Å². The first kappa shape index (κ1) is 30.2. The number of aromatic nitrogens is 2. The van der Waals surface area contributed by atoms with Crippen molar-refractivity contribution < 1.29 is 27.4 Å². The van der Waals surface area contributed by atoms with E-state index in [4.69, 9.17) is 16.1 Å². The second-order valence-corrected chi connectivity index (χ2v) is 13.9. The lowest BCUT2D eigenvalue weighted by molar-refractivity contribution is -0.0200. The number of nitrogens with one attached hydrogen (secondary N) is 1. The minimum absolute atomic E-state index is 0.0210. The van der Waals surface area contributed by atoms with E-state index in [1.807, 2.05) is 11.8 Å². The van der Waals surface area contributed by atoms with E-state index in [2.05, 4.69) is 21.1 Å². The van der Waals surface area contributed by atoms with E-state index >= 15 is 13.2 Å². The Bertz CT molecular complexity index is 1950. The van der Waals surface area contributed by atoms with Crippen LogP contribution in [0.15, 0.2) is 30.3 Å². The van der Waals surface area contributed by atoms with E-state index in [1.165, 1.54) is 24.3 Å². The van der Waals surface area contributed by atoms with Gasteiger partial charge in [0.1, 0.15) is 41.5 Å². The summed E-state index contributed by atoms with van der Waals surface area (Å²) in [5, 5.41) is 14.6. The minimum Gasteiger partial charge on any atom is -0.508 e. The number of benzene rings is 3. The summed E-state index contributed by atoms with van der Waals surface area (Å²) in [7, 11) is 0. The fourth-order valence-corrected chi connectivity index (χ4v) is 7.83. The summed E-state index contributed by atoms with van der Waals surface area (Å²) in [5.41, 5.74) is -1.83. The quantitative estimate of drug-likeness (QED) is 0.194. The molecule has 0 amide bonds. The second-order valence-electron chi connectivity index (χ2n) is 13.9. The van der Waals surface area contributed by atoms with Crippen molar-refractivity contribution in [2.45, 2.75) is 63.3 Å². The average Bonchev–Trinajstić information content (AvgIpc) is 3.85. The number of fused-ring (bicyclic) bond motifs is 4. The Hall–Kier alpha value is -4.14. The van der Waals surface area contributed by atoms with Crippen LogP contribution >= 0.6 is 0 Å². The van der Waals surface area contributed by atoms with Gasteiger partial charge in [0.2, 0.25) is 0 Å². The molecule has 2 bridgehead atoms. The molecule has 4 aliphatic rings. The molecule has 3 aromatic carbocycles. The Kier molecular flexibility index (Phi) is 7.22. The monoisotopic (exact) mass is 645 g/mol. The summed E-state index contributed by atoms with van der Waals surface area (Å²) >= 11 is 0. The zero-order valence-electron chi connectivity index (χ0n) is 26.0. The standard InChI is InChI=1S/C36H35F4N5O2/c1-3-24-27(37)9-4-19-12-23(46)13-25(30(19)24)31-28(38)14-26-33(32(31)40)42-35(43-34(26)45-15-20-5-6-21(16-45)41-20)47-18-36(2)17-44(22-7-8-22)11-10-29(36)39/h1,4,9,12-14,20-22,29,41,46H,5-8,10-11,15-18H2,2H3/t20-,21+,29-,36-/m0/s1. The average molecular weight is 646 g/mol. The fourth-order valence-electron chi connectivity index (χ4n) is 7.83. The van der Waals surface area contributed by atoms with Gasteiger partial charge in [0.25, 0.3) is 0 Å². The van der Waals surface area contributed by atoms with Gasteiger partial charge in [0.05, 0.1) is 11.1 Å². The number of ether oxygens (including phenoxy) is 1. The highest BCUT2D eigenvalue weighted by molar-refractivity contribution is 6.04. The molecule has 0 spiro atoms. The third kappa shape index (κ3) is 5.22. The number of hydrogen-bond acceptors (Lipinski definition) is 7. The van der Waals surface area contributed by atoms with Gasteiger partial charge in [0.15, 0.2) is 5.82 Å². The first-order chi connectivity index (χ1) is 22.6. The van der Waals surface area contributed by atoms with Gasteiger partial charge in [0, 0.05) is 66.1 Å². The summed E-state index contributed by atoms with van der Waals surface area (Å²) in [4.78, 5) is 13.5. The number of terminal acetylenes is 1. The van der Waals surface area contributed by atoms with Gasteiger partial charge < -0.3 is 20.1 Å². The molecule has 11 heteroatoms. The molecule has 1 aromatic heterocycles. The Morgan fingerprint density at radius 1 is 1.04 bits per heavy atom. The zero-order chi connectivity index (χ0) is 32.6. The third-order valence-corrected chi connectivity index (χ3v) is 10.4. The van der Waals surface area contributed by atoms with Crippen LogP contribution in [0.3, 0.4) is 0 Å². The number of alkyl halides is 1. The molecule has 47 heavy (non-hydrogen) atoms. The molecule has 1 aliphatic carbocycles. The molecule has 3 saturated heterocycles. The van der Waals surface area contributed by atoms with Crippen molar-refractivity contribution in [1.82, 2.24) is 20.2 Å². The highest BCUT2D eigenvalue weighted by Crippen LogP contribution is 2.43. The van der Waals surface area contributed by atoms with Crippen molar-refractivity contribution in [1.29, 1.82) is 0 Å². The third-order valence-electron chi connectivity index (χ3n) is 10.4. The molecule has 3 aliphatic heterocycles. The lowest BCUT2D eigenvalue weighted by atomic mass is 9.81. The first-order valence-electron chi connectivity index (χ1n) is 16.3. The Morgan fingerprint density at radius 3 is 2.53 bits per heavy atom. The number of likely N-dealkylation sites (tertiary alicyclic amines) is 1. The van der Waals surface area contributed by atoms with Crippen LogP contribution in [0.2, 0.25) is 0 Å². The van der Waals surface area contributed by atoms with Crippen LogP contribution in [0, 0.1) is 35.2 Å². The van der Waals surface area contributed by atoms with Gasteiger partial charge in [-0.3, -0.25) is 4.90 Å². The predicted octanol–water partition coefficient (Wildman–Crippen LogP) is 6.09. The molecular formula is C36H35F4N5O2. The van der Waals surface area contributed by atoms with Crippen molar-refractivity contribution in [3.63, 3.8) is 0 Å². The van der Waals surface area contributed by atoms with Crippen LogP contribution in [-0.4, -0.2) is 77.1 Å². The second kappa shape index (κ2) is 11.2. The van der Waals surface area contributed by atoms with Crippen molar-refractivity contribution in [2.24, 2.45) is 5.41 Å². The molecule has 8 rings (SSSR count). The highest BCUT2D eigenvalue weighted by atomic mass is 19.1. The number of phenols is 1. The fraction of sp³-hybridized carbons (Fsp3) is 0.444. The molecule has 4 heterocycles. The topological polar surface area (TPSA) is 73.8 Å². The lowest BCUT2D eigenvalue weighted by Crippen LogP contribution is -2.52. The Labute approximate surface area is 269 Å². The van der Waals surface area contributed by atoms with Crippen LogP contribution in [0.4, 0.5) is 23.4 Å². The summed E-state index contributed by atoms with van der Waals surface area (Å²) in [6.45, 7) is 4.23. The number of piperazine rings is 1. The van der Waals surface area contributed by atoms with Gasteiger partial charge in [-0.05, 0) is 61.8 Å². The summed E-state index contributed by atoms with van der Waals surface area (Å²) < 4.78 is 69.5. The largest absolute Gasteiger partial charge is 0.508 e. The van der Waals surface area contributed by atoms with Gasteiger partial charge in [-0.1, -0.05) is 18.9 Å². The Balaban J connectivity index is 1.27. The van der Waals surface area contributed by atoms with Crippen LogP contribution in [0.5, 0.6) is 11.8 Å². The number of hydrogen-bond donors (Lipinski definition) is 2. The van der Waals surface area contributed by atoms with Gasteiger partial charge in [-0.2, -0.15) is 9.97 Å². The van der Waals surface area contributed by atoms with E-state index in [9.17, 15) is 9.50 Å². The molecule has 4 fully saturated rings. The molecule has 7 nitrogen and oxygen atoms in total. The van der Waals surface area contributed by atoms with Gasteiger partial charge in [-0.25, -0.2) is 17.6 Å². The maximum absolute atomic E-state index is 16.9. The molecular weight excluding hydrogens is 610 g/mol. The van der Waals surface area contributed by atoms with Crippen LogP contribution in [0.25, 0.3) is 32.8 Å². The number of aromatic hydroxyl groups is 1. The van der Waals surface area contributed by atoms with Crippen LogP contribution in [-0.2, 0) is 0 Å². The van der Waals surface area contributed by atoms with E-state index in [0.29, 0.717) is 49.8 Å². The molecule has 0 radical (unpaired) electrons. The molecule has 244 valence electrons. The van der Waals surface area contributed by atoms with Crippen molar-refractivity contribution >= 4 is 27.5 Å². The Morgan fingerprint density at radius 2 is 1.81 bits per heavy atom. The number of piperidine rings is 1. The number of halogens is 4. The SMILES string of the molecule is C#Cc1c(F)ccc2cc(O)cc(-c3c(F)cc4c(N5C[C@H]6CC[C@@H](C5)N6)nc(OC[C@]5(C)CN(C6CC6)CC[C@@H]5F)nc4c3F)c12. The number of phenolic OH excluding ortho intramolecular Hbond substituents is 1. The molecule has 0 unspecified atom stereocenters. The van der Waals surface area contributed by atoms with Gasteiger partial charge >= 0.3 is 6.01 Å². The summed E-state index contributed by atoms with van der Waals surface area (Å²) in [5.74, 6) is -0.355. The molecule has 4 aromatic rings. The van der Waals surface area contributed by atoms with E-state index in [-0.39, 0.29) is 57.9 Å². The normalized spacial score (nSPS) is 26.2. The summed E-state index contributed by atoms with van der Waals surface area (Å²) in [6, 6.07) is 6.99. The number of nitrogens with zero attached hydrogens (tertiary/aromatic N) is 4. The molecule has 1 saturated carbocycles. The minimum atomic E-state index is -1.09. The predicted molar refractivity (Wildman–Crippen MR) is 172 cm³/mol. The van der Waals surface area contributed by atoms with E-state index < -0.39 is 34.6 Å². The zero-order valence-corrected chi connectivity index (χ0v) is 26.0. The maximum atomic E-state index is 16.9. The first-order valence-corrected chi connectivity index (χ1v) is 16.3. The van der Waals surface area contributed by atoms with Crippen molar-refractivity contribution in [3.8, 4) is 35.2 Å². The number of rotatable bonds is 6. The molecule has 4 atom stereocenters. The number of anilines is 1. The molecule has 2 N–H and O–H groups in total.